The summed E-state index contributed by atoms with van der Waals surface area (Å²) in [5.74, 6) is 1.83. The molecule has 0 aliphatic rings. The number of thioether (sulfide) groups is 1. The van der Waals surface area contributed by atoms with Crippen molar-refractivity contribution in [3.63, 3.8) is 0 Å². The Morgan fingerprint density at radius 1 is 1.11 bits per heavy atom. The lowest BCUT2D eigenvalue weighted by Gasteiger charge is -2.10. The zero-order chi connectivity index (χ0) is 13.5. The van der Waals surface area contributed by atoms with E-state index >= 15 is 0 Å². The van der Waals surface area contributed by atoms with Gasteiger partial charge in [0.1, 0.15) is 5.75 Å². The molecule has 0 aromatic heterocycles. The summed E-state index contributed by atoms with van der Waals surface area (Å²) in [5.41, 5.74) is 6.96. The van der Waals surface area contributed by atoms with Gasteiger partial charge < -0.3 is 10.5 Å². The molecule has 0 bridgehead atoms. The van der Waals surface area contributed by atoms with Crippen molar-refractivity contribution in [2.45, 2.75) is 17.9 Å². The summed E-state index contributed by atoms with van der Waals surface area (Å²) in [6.45, 7) is 2.67. The highest BCUT2D eigenvalue weighted by molar-refractivity contribution is 7.99. The van der Waals surface area contributed by atoms with Gasteiger partial charge in [0.15, 0.2) is 0 Å². The van der Waals surface area contributed by atoms with E-state index < -0.39 is 0 Å². The van der Waals surface area contributed by atoms with Crippen molar-refractivity contribution in [1.29, 1.82) is 0 Å². The fraction of sp³-hybridized carbons (Fsp3) is 0.250. The molecular formula is C16H19NOS. The smallest absolute Gasteiger partial charge is 0.119 e. The van der Waals surface area contributed by atoms with Gasteiger partial charge in [0, 0.05) is 16.7 Å². The van der Waals surface area contributed by atoms with Crippen LogP contribution in [0.4, 0.5) is 0 Å². The molecule has 0 radical (unpaired) electrons. The summed E-state index contributed by atoms with van der Waals surface area (Å²) >= 11 is 1.80. The first kappa shape index (κ1) is 14.0. The molecule has 2 N–H and O–H groups in total. The molecule has 0 saturated carbocycles. The number of benzene rings is 2. The van der Waals surface area contributed by atoms with Crippen LogP contribution in [-0.2, 0) is 0 Å². The van der Waals surface area contributed by atoms with E-state index in [9.17, 15) is 0 Å². The molecule has 0 saturated heterocycles. The van der Waals surface area contributed by atoms with E-state index in [1.165, 1.54) is 4.90 Å². The average Bonchev–Trinajstić information content (AvgIpc) is 2.45. The van der Waals surface area contributed by atoms with Gasteiger partial charge >= 0.3 is 0 Å². The Morgan fingerprint density at radius 3 is 2.63 bits per heavy atom. The molecule has 19 heavy (non-hydrogen) atoms. The summed E-state index contributed by atoms with van der Waals surface area (Å²) in [4.78, 5) is 1.27. The minimum absolute atomic E-state index is 0.0437. The lowest BCUT2D eigenvalue weighted by Crippen LogP contribution is -2.06. The zero-order valence-corrected chi connectivity index (χ0v) is 11.9. The fourth-order valence-electron chi connectivity index (χ4n) is 1.72. The molecule has 1 unspecified atom stereocenters. The summed E-state index contributed by atoms with van der Waals surface area (Å²) in [6.07, 6.45) is 0. The van der Waals surface area contributed by atoms with Crippen LogP contribution in [0, 0.1) is 0 Å². The van der Waals surface area contributed by atoms with E-state index in [4.69, 9.17) is 10.5 Å². The maximum Gasteiger partial charge on any atom is 0.119 e. The molecular weight excluding hydrogens is 254 g/mol. The molecule has 1 atom stereocenters. The second-order valence-electron chi connectivity index (χ2n) is 4.37. The predicted octanol–water partition coefficient (Wildman–Crippen LogP) is 3.88. The Labute approximate surface area is 119 Å². The second-order valence-corrected chi connectivity index (χ2v) is 5.54. The number of hydrogen-bond acceptors (Lipinski definition) is 3. The molecule has 2 nitrogen and oxygen atoms in total. The van der Waals surface area contributed by atoms with E-state index in [1.807, 2.05) is 37.3 Å². The van der Waals surface area contributed by atoms with E-state index in [0.29, 0.717) is 6.61 Å². The minimum atomic E-state index is 0.0437. The number of hydrogen-bond donors (Lipinski definition) is 1. The molecule has 2 rings (SSSR count). The number of rotatable bonds is 6. The van der Waals surface area contributed by atoms with Gasteiger partial charge in [-0.3, -0.25) is 0 Å². The molecule has 100 valence electrons. The molecule has 0 aliphatic carbocycles. The molecule has 0 aliphatic heterocycles. The van der Waals surface area contributed by atoms with Crippen LogP contribution in [0.2, 0.25) is 0 Å². The monoisotopic (exact) mass is 273 g/mol. The third kappa shape index (κ3) is 4.62. The van der Waals surface area contributed by atoms with E-state index in [0.717, 1.165) is 17.1 Å². The predicted molar refractivity (Wildman–Crippen MR) is 81.7 cm³/mol. The van der Waals surface area contributed by atoms with Gasteiger partial charge in [-0.25, -0.2) is 0 Å². The third-order valence-electron chi connectivity index (χ3n) is 2.75. The van der Waals surface area contributed by atoms with Crippen LogP contribution < -0.4 is 10.5 Å². The Kier molecular flexibility index (Phi) is 5.31. The van der Waals surface area contributed by atoms with E-state index in [1.54, 1.807) is 11.8 Å². The first-order chi connectivity index (χ1) is 9.25. The average molecular weight is 273 g/mol. The Balaban J connectivity index is 1.78. The van der Waals surface area contributed by atoms with Gasteiger partial charge in [0.2, 0.25) is 0 Å². The topological polar surface area (TPSA) is 35.2 Å². The van der Waals surface area contributed by atoms with Crippen molar-refractivity contribution in [2.75, 3.05) is 12.4 Å². The normalized spacial score (nSPS) is 12.1. The standard InChI is InChI=1S/C16H19NOS/c1-13(17)14-6-5-7-15(12-14)18-10-11-19-16-8-3-2-4-9-16/h2-9,12-13H,10-11,17H2,1H3. The molecule has 2 aromatic carbocycles. The first-order valence-corrected chi connectivity index (χ1v) is 7.40. The fourth-order valence-corrected chi connectivity index (χ4v) is 2.48. The molecule has 3 heteroatoms. The molecule has 0 heterocycles. The third-order valence-corrected chi connectivity index (χ3v) is 3.72. The zero-order valence-electron chi connectivity index (χ0n) is 11.1. The van der Waals surface area contributed by atoms with Crippen LogP contribution in [0.15, 0.2) is 59.5 Å². The maximum atomic E-state index is 5.85. The minimum Gasteiger partial charge on any atom is -0.493 e. The van der Waals surface area contributed by atoms with Gasteiger partial charge in [-0.05, 0) is 36.8 Å². The summed E-state index contributed by atoms with van der Waals surface area (Å²) in [6, 6.07) is 18.4. The Hall–Kier alpha value is -1.45. The lowest BCUT2D eigenvalue weighted by atomic mass is 10.1. The van der Waals surface area contributed by atoms with Gasteiger partial charge in [-0.1, -0.05) is 30.3 Å². The molecule has 0 amide bonds. The highest BCUT2D eigenvalue weighted by atomic mass is 32.2. The van der Waals surface area contributed by atoms with Crippen LogP contribution in [0.3, 0.4) is 0 Å². The van der Waals surface area contributed by atoms with Gasteiger partial charge in [0.25, 0.3) is 0 Å². The summed E-state index contributed by atoms with van der Waals surface area (Å²) in [7, 11) is 0. The van der Waals surface area contributed by atoms with Gasteiger partial charge in [0.05, 0.1) is 6.61 Å². The molecule has 0 spiro atoms. The van der Waals surface area contributed by atoms with Crippen LogP contribution in [0.5, 0.6) is 5.75 Å². The lowest BCUT2D eigenvalue weighted by molar-refractivity contribution is 0.343. The molecule has 0 fully saturated rings. The highest BCUT2D eigenvalue weighted by Crippen LogP contribution is 2.19. The van der Waals surface area contributed by atoms with Gasteiger partial charge in [-0.2, -0.15) is 0 Å². The van der Waals surface area contributed by atoms with Crippen molar-refractivity contribution >= 4 is 11.8 Å². The summed E-state index contributed by atoms with van der Waals surface area (Å²) in [5, 5.41) is 0. The first-order valence-electron chi connectivity index (χ1n) is 6.42. The van der Waals surface area contributed by atoms with Crippen LogP contribution in [0.25, 0.3) is 0 Å². The van der Waals surface area contributed by atoms with Crippen LogP contribution in [-0.4, -0.2) is 12.4 Å². The van der Waals surface area contributed by atoms with Crippen LogP contribution >= 0.6 is 11.8 Å². The van der Waals surface area contributed by atoms with Crippen molar-refractivity contribution in [3.8, 4) is 5.75 Å². The van der Waals surface area contributed by atoms with Crippen molar-refractivity contribution in [2.24, 2.45) is 5.73 Å². The van der Waals surface area contributed by atoms with Gasteiger partial charge in [-0.15, -0.1) is 11.8 Å². The maximum absolute atomic E-state index is 5.85. The Morgan fingerprint density at radius 2 is 1.89 bits per heavy atom. The largest absolute Gasteiger partial charge is 0.493 e. The molecule has 2 aromatic rings. The SMILES string of the molecule is CC(N)c1cccc(OCCSc2ccccc2)c1. The number of ether oxygens (including phenoxy) is 1. The highest BCUT2D eigenvalue weighted by Gasteiger charge is 2.01. The number of nitrogens with two attached hydrogens (primary N) is 1. The Bertz CT molecular complexity index is 499. The van der Waals surface area contributed by atoms with Crippen molar-refractivity contribution in [1.82, 2.24) is 0 Å². The van der Waals surface area contributed by atoms with E-state index in [-0.39, 0.29) is 6.04 Å². The van der Waals surface area contributed by atoms with Crippen LogP contribution in [0.1, 0.15) is 18.5 Å². The summed E-state index contributed by atoms with van der Waals surface area (Å²) < 4.78 is 5.74. The van der Waals surface area contributed by atoms with E-state index in [2.05, 4.69) is 24.3 Å². The second kappa shape index (κ2) is 7.22. The quantitative estimate of drug-likeness (QED) is 0.641. The van der Waals surface area contributed by atoms with Crippen molar-refractivity contribution < 1.29 is 4.74 Å². The van der Waals surface area contributed by atoms with Crippen molar-refractivity contribution in [3.05, 3.63) is 60.2 Å².